The lowest BCUT2D eigenvalue weighted by molar-refractivity contribution is -0.132. The van der Waals surface area contributed by atoms with Gasteiger partial charge in [-0.05, 0) is 37.6 Å². The number of likely N-dealkylation sites (N-methyl/N-ethyl adjacent to an activating group) is 1. The molecule has 1 heterocycles. The Hall–Kier alpha value is -0.870. The Morgan fingerprint density at radius 1 is 1.15 bits per heavy atom. The zero-order valence-corrected chi connectivity index (χ0v) is 13.7. The SMILES string of the molecule is CN(CC(=O)N1CCCCCC1)Cc1ccc(Br)cc1. The average Bonchev–Trinajstić information content (AvgIpc) is 2.70. The lowest BCUT2D eigenvalue weighted by Crippen LogP contribution is -2.39. The second kappa shape index (κ2) is 7.79. The van der Waals surface area contributed by atoms with Crippen molar-refractivity contribution in [2.45, 2.75) is 32.2 Å². The largest absolute Gasteiger partial charge is 0.342 e. The summed E-state index contributed by atoms with van der Waals surface area (Å²) in [4.78, 5) is 16.4. The molecule has 0 N–H and O–H groups in total. The van der Waals surface area contributed by atoms with Crippen LogP contribution in [0.1, 0.15) is 31.2 Å². The summed E-state index contributed by atoms with van der Waals surface area (Å²) in [6.45, 7) is 3.19. The number of likely N-dealkylation sites (tertiary alicyclic amines) is 1. The summed E-state index contributed by atoms with van der Waals surface area (Å²) in [5.41, 5.74) is 1.24. The molecule has 3 nitrogen and oxygen atoms in total. The molecule has 0 aliphatic carbocycles. The first-order chi connectivity index (χ1) is 9.65. The van der Waals surface area contributed by atoms with Crippen molar-refractivity contribution in [3.8, 4) is 0 Å². The van der Waals surface area contributed by atoms with Gasteiger partial charge in [-0.2, -0.15) is 0 Å². The highest BCUT2D eigenvalue weighted by Crippen LogP contribution is 2.13. The van der Waals surface area contributed by atoms with Gasteiger partial charge in [0.2, 0.25) is 5.91 Å². The number of benzene rings is 1. The van der Waals surface area contributed by atoms with Crippen molar-refractivity contribution in [1.29, 1.82) is 0 Å². The van der Waals surface area contributed by atoms with E-state index in [1.807, 2.05) is 24.1 Å². The fourth-order valence-corrected chi connectivity index (χ4v) is 2.87. The maximum atomic E-state index is 12.3. The molecule has 1 aromatic carbocycles. The molecule has 1 aliphatic heterocycles. The van der Waals surface area contributed by atoms with Crippen LogP contribution >= 0.6 is 15.9 Å². The molecule has 4 heteroatoms. The van der Waals surface area contributed by atoms with E-state index in [1.165, 1.54) is 18.4 Å². The molecule has 0 atom stereocenters. The summed E-state index contributed by atoms with van der Waals surface area (Å²) in [6, 6.07) is 8.27. The minimum absolute atomic E-state index is 0.270. The van der Waals surface area contributed by atoms with Crippen molar-refractivity contribution in [1.82, 2.24) is 9.80 Å². The number of nitrogens with zero attached hydrogens (tertiary/aromatic N) is 2. The fourth-order valence-electron chi connectivity index (χ4n) is 2.61. The van der Waals surface area contributed by atoms with Gasteiger partial charge in [0.1, 0.15) is 0 Å². The van der Waals surface area contributed by atoms with Crippen LogP contribution in [0, 0.1) is 0 Å². The molecule has 0 saturated carbocycles. The van der Waals surface area contributed by atoms with Crippen LogP contribution in [0.4, 0.5) is 0 Å². The van der Waals surface area contributed by atoms with Gasteiger partial charge in [-0.3, -0.25) is 9.69 Å². The fraction of sp³-hybridized carbons (Fsp3) is 0.562. The number of hydrogen-bond donors (Lipinski definition) is 0. The van der Waals surface area contributed by atoms with E-state index in [-0.39, 0.29) is 5.91 Å². The molecule has 1 amide bonds. The van der Waals surface area contributed by atoms with E-state index < -0.39 is 0 Å². The Balaban J connectivity index is 1.82. The van der Waals surface area contributed by atoms with Crippen LogP contribution in [-0.2, 0) is 11.3 Å². The van der Waals surface area contributed by atoms with Crippen LogP contribution < -0.4 is 0 Å². The zero-order chi connectivity index (χ0) is 14.4. The second-order valence-corrected chi connectivity index (χ2v) is 6.51. The van der Waals surface area contributed by atoms with Gasteiger partial charge in [0.25, 0.3) is 0 Å². The maximum absolute atomic E-state index is 12.3. The summed E-state index contributed by atoms with van der Waals surface area (Å²) >= 11 is 3.44. The molecule has 110 valence electrons. The number of carbonyl (C=O) groups is 1. The quantitative estimate of drug-likeness (QED) is 0.840. The number of carbonyl (C=O) groups excluding carboxylic acids is 1. The molecular formula is C16H23BrN2O. The molecular weight excluding hydrogens is 316 g/mol. The molecule has 0 spiro atoms. The standard InChI is InChI=1S/C16H23BrN2O/c1-18(12-14-6-8-15(17)9-7-14)13-16(20)19-10-4-2-3-5-11-19/h6-9H,2-5,10-13H2,1H3. The molecule has 1 aromatic rings. The van der Waals surface area contributed by atoms with Gasteiger partial charge in [0, 0.05) is 24.1 Å². The number of rotatable bonds is 4. The topological polar surface area (TPSA) is 23.6 Å². The Kier molecular flexibility index (Phi) is 6.05. The van der Waals surface area contributed by atoms with Crippen molar-refractivity contribution in [2.75, 3.05) is 26.7 Å². The van der Waals surface area contributed by atoms with Crippen LogP contribution in [0.25, 0.3) is 0 Å². The highest BCUT2D eigenvalue weighted by atomic mass is 79.9. The molecule has 0 radical (unpaired) electrons. The summed E-state index contributed by atoms with van der Waals surface area (Å²) < 4.78 is 1.09. The number of amides is 1. The van der Waals surface area contributed by atoms with Crippen LogP contribution in [0.3, 0.4) is 0 Å². The van der Waals surface area contributed by atoms with Gasteiger partial charge < -0.3 is 4.90 Å². The van der Waals surface area contributed by atoms with Gasteiger partial charge in [0.05, 0.1) is 6.54 Å². The van der Waals surface area contributed by atoms with Crippen LogP contribution in [0.2, 0.25) is 0 Å². The highest BCUT2D eigenvalue weighted by Gasteiger charge is 2.16. The first-order valence-corrected chi connectivity index (χ1v) is 8.15. The molecule has 1 fully saturated rings. The van der Waals surface area contributed by atoms with Crippen molar-refractivity contribution in [2.24, 2.45) is 0 Å². The normalized spacial score (nSPS) is 16.2. The third-order valence-corrected chi connectivity index (χ3v) is 4.26. The number of hydrogen-bond acceptors (Lipinski definition) is 2. The first-order valence-electron chi connectivity index (χ1n) is 7.36. The average molecular weight is 339 g/mol. The van der Waals surface area contributed by atoms with E-state index in [2.05, 4.69) is 33.0 Å². The minimum Gasteiger partial charge on any atom is -0.342 e. The molecule has 0 bridgehead atoms. The van der Waals surface area contributed by atoms with E-state index in [4.69, 9.17) is 0 Å². The van der Waals surface area contributed by atoms with E-state index in [0.717, 1.165) is 36.9 Å². The smallest absolute Gasteiger partial charge is 0.236 e. The van der Waals surface area contributed by atoms with E-state index in [0.29, 0.717) is 6.54 Å². The number of halogens is 1. The first kappa shape index (κ1) is 15.5. The molecule has 0 unspecified atom stereocenters. The van der Waals surface area contributed by atoms with Gasteiger partial charge in [-0.15, -0.1) is 0 Å². The molecule has 1 saturated heterocycles. The van der Waals surface area contributed by atoms with E-state index in [1.54, 1.807) is 0 Å². The lowest BCUT2D eigenvalue weighted by Gasteiger charge is -2.24. The van der Waals surface area contributed by atoms with Crippen LogP contribution in [0.15, 0.2) is 28.7 Å². The van der Waals surface area contributed by atoms with Crippen LogP contribution in [-0.4, -0.2) is 42.4 Å². The van der Waals surface area contributed by atoms with Gasteiger partial charge in [-0.25, -0.2) is 0 Å². The molecule has 1 aliphatic rings. The monoisotopic (exact) mass is 338 g/mol. The van der Waals surface area contributed by atoms with E-state index in [9.17, 15) is 4.79 Å². The third-order valence-electron chi connectivity index (χ3n) is 3.73. The third kappa shape index (κ3) is 4.91. The van der Waals surface area contributed by atoms with Gasteiger partial charge >= 0.3 is 0 Å². The Morgan fingerprint density at radius 3 is 2.35 bits per heavy atom. The zero-order valence-electron chi connectivity index (χ0n) is 12.1. The molecule has 0 aromatic heterocycles. The maximum Gasteiger partial charge on any atom is 0.236 e. The van der Waals surface area contributed by atoms with Crippen molar-refractivity contribution in [3.63, 3.8) is 0 Å². The summed E-state index contributed by atoms with van der Waals surface area (Å²) in [5.74, 6) is 0.270. The minimum atomic E-state index is 0.270. The lowest BCUT2D eigenvalue weighted by atomic mass is 10.2. The summed E-state index contributed by atoms with van der Waals surface area (Å²) in [6.07, 6.45) is 4.83. The Labute approximate surface area is 130 Å². The van der Waals surface area contributed by atoms with Crippen LogP contribution in [0.5, 0.6) is 0 Å². The van der Waals surface area contributed by atoms with Gasteiger partial charge in [-0.1, -0.05) is 40.9 Å². The molecule has 2 rings (SSSR count). The van der Waals surface area contributed by atoms with Crippen molar-refractivity contribution in [3.05, 3.63) is 34.3 Å². The highest BCUT2D eigenvalue weighted by molar-refractivity contribution is 9.10. The van der Waals surface area contributed by atoms with Gasteiger partial charge in [0.15, 0.2) is 0 Å². The summed E-state index contributed by atoms with van der Waals surface area (Å²) in [5, 5.41) is 0. The second-order valence-electron chi connectivity index (χ2n) is 5.59. The predicted octanol–water partition coefficient (Wildman–Crippen LogP) is 3.28. The van der Waals surface area contributed by atoms with Crippen molar-refractivity contribution < 1.29 is 4.79 Å². The van der Waals surface area contributed by atoms with Crippen molar-refractivity contribution >= 4 is 21.8 Å². The summed E-state index contributed by atoms with van der Waals surface area (Å²) in [7, 11) is 2.01. The Bertz CT molecular complexity index is 425. The van der Waals surface area contributed by atoms with E-state index >= 15 is 0 Å². The predicted molar refractivity (Wildman–Crippen MR) is 85.5 cm³/mol. The Morgan fingerprint density at radius 2 is 1.75 bits per heavy atom. The molecule has 20 heavy (non-hydrogen) atoms.